The van der Waals surface area contributed by atoms with Crippen molar-refractivity contribution in [2.75, 3.05) is 26.7 Å². The first-order chi connectivity index (χ1) is 10.7. The molecule has 1 fully saturated rings. The van der Waals surface area contributed by atoms with Gasteiger partial charge in [0.05, 0.1) is 5.92 Å². The highest BCUT2D eigenvalue weighted by Gasteiger charge is 2.42. The van der Waals surface area contributed by atoms with Crippen molar-refractivity contribution in [2.45, 2.75) is 12.2 Å². The van der Waals surface area contributed by atoms with Crippen molar-refractivity contribution in [3.63, 3.8) is 0 Å². The molecule has 1 aliphatic heterocycles. The van der Waals surface area contributed by atoms with Gasteiger partial charge in [0.25, 0.3) is 5.91 Å². The molecule has 0 saturated carbocycles. The molecule has 1 unspecified atom stereocenters. The zero-order valence-electron chi connectivity index (χ0n) is 13.0. The number of benzene rings is 1. The molecule has 0 aliphatic carbocycles. The molecule has 1 aliphatic rings. The van der Waals surface area contributed by atoms with Crippen LogP contribution in [0.1, 0.15) is 17.3 Å². The molecule has 1 amide bonds. The lowest BCUT2D eigenvalue weighted by atomic mass is 10.1. The summed E-state index contributed by atoms with van der Waals surface area (Å²) in [5.41, 5.74) is 0.524. The van der Waals surface area contributed by atoms with Crippen LogP contribution in [0.5, 0.6) is 0 Å². The highest BCUT2D eigenvalue weighted by Crippen LogP contribution is 2.22. The van der Waals surface area contributed by atoms with Gasteiger partial charge in [0.15, 0.2) is 0 Å². The quantitative estimate of drug-likeness (QED) is 0.813. The third-order valence-corrected chi connectivity index (χ3v) is 6.12. The second-order valence-electron chi connectivity index (χ2n) is 5.76. The first-order valence-corrected chi connectivity index (χ1v) is 8.76. The van der Waals surface area contributed by atoms with Crippen molar-refractivity contribution < 1.29 is 23.1 Å². The predicted octanol–water partition coefficient (Wildman–Crippen LogP) is 0.493. The maximum Gasteiger partial charge on any atom is 0.307 e. The van der Waals surface area contributed by atoms with E-state index >= 15 is 0 Å². The Hall–Kier alpha value is -1.93. The minimum Gasteiger partial charge on any atom is -0.481 e. The van der Waals surface area contributed by atoms with Gasteiger partial charge in [-0.3, -0.25) is 9.59 Å². The summed E-state index contributed by atoms with van der Waals surface area (Å²) in [6.07, 6.45) is 0. The van der Waals surface area contributed by atoms with Crippen LogP contribution in [0.2, 0.25) is 0 Å². The highest BCUT2D eigenvalue weighted by atomic mass is 32.2. The van der Waals surface area contributed by atoms with Crippen molar-refractivity contribution in [3.8, 4) is 0 Å². The van der Waals surface area contributed by atoms with E-state index in [2.05, 4.69) is 0 Å². The number of likely N-dealkylation sites (tertiary alicyclic amines) is 1. The Balaban J connectivity index is 1.95. The minimum atomic E-state index is -3.60. The molecule has 1 atom stereocenters. The molecule has 126 valence electrons. The van der Waals surface area contributed by atoms with Gasteiger partial charge >= 0.3 is 5.97 Å². The average molecular weight is 340 g/mol. The second kappa shape index (κ2) is 6.67. The normalized spacial score (nSPS) is 16.9. The fraction of sp³-hybridized carbons (Fsp3) is 0.467. The zero-order valence-corrected chi connectivity index (χ0v) is 13.9. The number of nitrogens with zero attached hydrogens (tertiary/aromatic N) is 2. The summed E-state index contributed by atoms with van der Waals surface area (Å²) in [7, 11) is -2.23. The Morgan fingerprint density at radius 1 is 1.30 bits per heavy atom. The summed E-state index contributed by atoms with van der Waals surface area (Å²) in [5.74, 6) is -2.02. The van der Waals surface area contributed by atoms with Gasteiger partial charge in [-0.05, 0) is 12.1 Å². The fourth-order valence-electron chi connectivity index (χ4n) is 2.38. The molecule has 1 N–H and O–H groups in total. The van der Waals surface area contributed by atoms with E-state index in [1.54, 1.807) is 30.3 Å². The monoisotopic (exact) mass is 340 g/mol. The Bertz CT molecular complexity index is 683. The molecule has 2 rings (SSSR count). The van der Waals surface area contributed by atoms with Crippen molar-refractivity contribution in [3.05, 3.63) is 35.9 Å². The molecule has 7 nitrogen and oxygen atoms in total. The molecule has 1 aromatic carbocycles. The van der Waals surface area contributed by atoms with Crippen LogP contribution in [0, 0.1) is 5.92 Å². The van der Waals surface area contributed by atoms with E-state index in [0.717, 1.165) is 4.31 Å². The van der Waals surface area contributed by atoms with Crippen LogP contribution in [0.3, 0.4) is 0 Å². The molecule has 1 aromatic rings. The molecule has 0 aromatic heterocycles. The van der Waals surface area contributed by atoms with Crippen LogP contribution in [0.15, 0.2) is 30.3 Å². The van der Waals surface area contributed by atoms with Crippen LogP contribution in [0.4, 0.5) is 0 Å². The number of carbonyl (C=O) groups is 2. The number of carbonyl (C=O) groups excluding carboxylic acids is 1. The van der Waals surface area contributed by atoms with Gasteiger partial charge in [-0.2, -0.15) is 0 Å². The number of sulfonamides is 1. The van der Waals surface area contributed by atoms with Crippen molar-refractivity contribution in [1.82, 2.24) is 9.21 Å². The maximum atomic E-state index is 12.4. The minimum absolute atomic E-state index is 0.0825. The average Bonchev–Trinajstić information content (AvgIpc) is 2.45. The standard InChI is InChI=1S/C15H20N2O5S/c1-11(15(19)20)8-16(2)23(21,22)13-9-17(10-13)14(18)12-6-4-3-5-7-12/h3-7,11,13H,8-10H2,1-2H3,(H,19,20). The van der Waals surface area contributed by atoms with Crippen LogP contribution in [-0.2, 0) is 14.8 Å². The third kappa shape index (κ3) is 3.70. The van der Waals surface area contributed by atoms with E-state index < -0.39 is 27.2 Å². The van der Waals surface area contributed by atoms with E-state index in [1.807, 2.05) is 0 Å². The molecule has 1 heterocycles. The maximum absolute atomic E-state index is 12.4. The summed E-state index contributed by atoms with van der Waals surface area (Å²) < 4.78 is 25.8. The van der Waals surface area contributed by atoms with Gasteiger partial charge in [0, 0.05) is 32.2 Å². The summed E-state index contributed by atoms with van der Waals surface area (Å²) in [5, 5.41) is 8.19. The van der Waals surface area contributed by atoms with Crippen LogP contribution >= 0.6 is 0 Å². The summed E-state index contributed by atoms with van der Waals surface area (Å²) >= 11 is 0. The molecule has 0 bridgehead atoms. The van der Waals surface area contributed by atoms with Crippen molar-refractivity contribution >= 4 is 21.9 Å². The molecule has 0 spiro atoms. The summed E-state index contributed by atoms with van der Waals surface area (Å²) in [6, 6.07) is 8.68. The number of hydrogen-bond donors (Lipinski definition) is 1. The topological polar surface area (TPSA) is 95.0 Å². The Morgan fingerprint density at radius 3 is 2.39 bits per heavy atom. The predicted molar refractivity (Wildman–Crippen MR) is 84.5 cm³/mol. The van der Waals surface area contributed by atoms with E-state index in [4.69, 9.17) is 5.11 Å². The lowest BCUT2D eigenvalue weighted by Gasteiger charge is -2.40. The molecule has 1 saturated heterocycles. The van der Waals surface area contributed by atoms with Gasteiger partial charge in [0.1, 0.15) is 5.25 Å². The molecular weight excluding hydrogens is 320 g/mol. The van der Waals surface area contributed by atoms with E-state index in [0.29, 0.717) is 5.56 Å². The smallest absolute Gasteiger partial charge is 0.307 e. The fourth-order valence-corrected chi connectivity index (χ4v) is 4.05. The zero-order chi connectivity index (χ0) is 17.2. The Labute approximate surface area is 135 Å². The van der Waals surface area contributed by atoms with Crippen molar-refractivity contribution in [2.24, 2.45) is 5.92 Å². The summed E-state index contributed by atoms with van der Waals surface area (Å²) in [6.45, 7) is 1.63. The largest absolute Gasteiger partial charge is 0.481 e. The first kappa shape index (κ1) is 17.4. The summed E-state index contributed by atoms with van der Waals surface area (Å²) in [4.78, 5) is 24.5. The number of rotatable bonds is 6. The molecule has 23 heavy (non-hydrogen) atoms. The van der Waals surface area contributed by atoms with E-state index in [-0.39, 0.29) is 25.5 Å². The molecule has 0 radical (unpaired) electrons. The van der Waals surface area contributed by atoms with Gasteiger partial charge in [-0.1, -0.05) is 25.1 Å². The van der Waals surface area contributed by atoms with Gasteiger partial charge < -0.3 is 10.0 Å². The van der Waals surface area contributed by atoms with Gasteiger partial charge in [0.2, 0.25) is 10.0 Å². The van der Waals surface area contributed by atoms with Gasteiger partial charge in [-0.25, -0.2) is 12.7 Å². The lowest BCUT2D eigenvalue weighted by Crippen LogP contribution is -2.59. The number of carboxylic acid groups (broad SMARTS) is 1. The number of carboxylic acids is 1. The SMILES string of the molecule is CC(CN(C)S(=O)(=O)C1CN(C(=O)c2ccccc2)C1)C(=O)O. The highest BCUT2D eigenvalue weighted by molar-refractivity contribution is 7.89. The van der Waals surface area contributed by atoms with Gasteiger partial charge in [-0.15, -0.1) is 0 Å². The van der Waals surface area contributed by atoms with Crippen LogP contribution < -0.4 is 0 Å². The third-order valence-electron chi connectivity index (χ3n) is 3.96. The Morgan fingerprint density at radius 2 is 1.87 bits per heavy atom. The van der Waals surface area contributed by atoms with Crippen molar-refractivity contribution in [1.29, 1.82) is 0 Å². The number of aliphatic carboxylic acids is 1. The molecule has 8 heteroatoms. The second-order valence-corrected chi connectivity index (χ2v) is 8.08. The molecular formula is C15H20N2O5S. The lowest BCUT2D eigenvalue weighted by molar-refractivity contribution is -0.141. The van der Waals surface area contributed by atoms with E-state index in [1.165, 1.54) is 18.9 Å². The Kier molecular flexibility index (Phi) is 5.06. The van der Waals surface area contributed by atoms with Crippen LogP contribution in [0.25, 0.3) is 0 Å². The van der Waals surface area contributed by atoms with E-state index in [9.17, 15) is 18.0 Å². The first-order valence-electron chi connectivity index (χ1n) is 7.25. The number of hydrogen-bond acceptors (Lipinski definition) is 4. The number of amides is 1. The van der Waals surface area contributed by atoms with Crippen LogP contribution in [-0.4, -0.2) is 66.5 Å².